The van der Waals surface area contributed by atoms with Crippen molar-refractivity contribution in [3.63, 3.8) is 0 Å². The molecule has 0 aromatic heterocycles. The SMILES string of the molecule is CCCCCCCCCCCCCCCCCCCCCCCC/C=C/CCCC(C)=O. The lowest BCUT2D eigenvalue weighted by molar-refractivity contribution is -0.117. The van der Waals surface area contributed by atoms with Crippen molar-refractivity contribution in [2.45, 2.75) is 181 Å². The topological polar surface area (TPSA) is 17.1 Å². The highest BCUT2D eigenvalue weighted by molar-refractivity contribution is 5.75. The molecule has 0 saturated carbocycles. The van der Waals surface area contributed by atoms with Gasteiger partial charge in [0, 0.05) is 6.42 Å². The van der Waals surface area contributed by atoms with E-state index in [0.717, 1.165) is 19.3 Å². The summed E-state index contributed by atoms with van der Waals surface area (Å²) in [5.41, 5.74) is 0. The number of carbonyl (C=O) groups is 1. The average Bonchev–Trinajstić information content (AvgIpc) is 2.78. The van der Waals surface area contributed by atoms with Crippen molar-refractivity contribution in [1.29, 1.82) is 0 Å². The number of carbonyl (C=O) groups excluding carboxylic acids is 1. The predicted molar refractivity (Wildman–Crippen MR) is 146 cm³/mol. The first-order chi connectivity index (χ1) is 15.8. The standard InChI is InChI=1S/C31H60O/c1-3-4-5-6-7-8-9-10-11-12-13-14-15-16-17-18-19-20-21-22-23-24-25-26-27-28-29-30-31(2)32/h26-27H,3-25,28-30H2,1-2H3/b27-26+. The first-order valence-electron chi connectivity index (χ1n) is 14.9. The smallest absolute Gasteiger partial charge is 0.129 e. The predicted octanol–water partition coefficient (Wildman–Crippen LogP) is 11.3. The van der Waals surface area contributed by atoms with Gasteiger partial charge in [-0.3, -0.25) is 0 Å². The molecule has 0 bridgehead atoms. The van der Waals surface area contributed by atoms with Crippen molar-refractivity contribution < 1.29 is 4.79 Å². The van der Waals surface area contributed by atoms with Gasteiger partial charge in [0.15, 0.2) is 0 Å². The molecule has 0 aromatic rings. The molecular weight excluding hydrogens is 388 g/mol. The molecule has 0 amide bonds. The summed E-state index contributed by atoms with van der Waals surface area (Å²) in [7, 11) is 0. The van der Waals surface area contributed by atoms with Crippen molar-refractivity contribution in [3.05, 3.63) is 12.2 Å². The second kappa shape index (κ2) is 28.4. The zero-order chi connectivity index (χ0) is 23.4. The van der Waals surface area contributed by atoms with E-state index in [2.05, 4.69) is 19.1 Å². The number of rotatable bonds is 27. The quantitative estimate of drug-likeness (QED) is 0.0901. The van der Waals surface area contributed by atoms with Gasteiger partial charge in [0.05, 0.1) is 0 Å². The largest absolute Gasteiger partial charge is 0.300 e. The van der Waals surface area contributed by atoms with Crippen molar-refractivity contribution >= 4 is 5.78 Å². The zero-order valence-corrected chi connectivity index (χ0v) is 22.4. The molecule has 0 spiro atoms. The minimum Gasteiger partial charge on any atom is -0.300 e. The number of Topliss-reactive ketones (excluding diaryl/α,β-unsaturated/α-hetero) is 1. The van der Waals surface area contributed by atoms with Crippen LogP contribution in [0.15, 0.2) is 12.2 Å². The highest BCUT2D eigenvalue weighted by atomic mass is 16.1. The minimum atomic E-state index is 0.318. The van der Waals surface area contributed by atoms with Crippen LogP contribution in [-0.2, 0) is 4.79 Å². The molecule has 0 rings (SSSR count). The van der Waals surface area contributed by atoms with Crippen LogP contribution >= 0.6 is 0 Å². The van der Waals surface area contributed by atoms with Crippen molar-refractivity contribution in [2.24, 2.45) is 0 Å². The van der Waals surface area contributed by atoms with E-state index in [4.69, 9.17) is 0 Å². The van der Waals surface area contributed by atoms with Gasteiger partial charge < -0.3 is 4.79 Å². The number of hydrogen-bond donors (Lipinski definition) is 0. The molecule has 0 aliphatic carbocycles. The van der Waals surface area contributed by atoms with Gasteiger partial charge >= 0.3 is 0 Å². The summed E-state index contributed by atoms with van der Waals surface area (Å²) in [6, 6.07) is 0. The molecular formula is C31H60O. The van der Waals surface area contributed by atoms with Gasteiger partial charge in [0.1, 0.15) is 5.78 Å². The van der Waals surface area contributed by atoms with E-state index < -0.39 is 0 Å². The van der Waals surface area contributed by atoms with Gasteiger partial charge in [-0.05, 0) is 32.6 Å². The van der Waals surface area contributed by atoms with E-state index in [0.29, 0.717) is 5.78 Å². The van der Waals surface area contributed by atoms with Crippen LogP contribution in [0.1, 0.15) is 181 Å². The number of hydrogen-bond acceptors (Lipinski definition) is 1. The Morgan fingerprint density at radius 2 is 0.719 bits per heavy atom. The van der Waals surface area contributed by atoms with E-state index in [9.17, 15) is 4.79 Å². The summed E-state index contributed by atoms with van der Waals surface area (Å²) in [5.74, 6) is 0.318. The summed E-state index contributed by atoms with van der Waals surface area (Å²) in [6.07, 6.45) is 40.5. The van der Waals surface area contributed by atoms with Crippen LogP contribution in [0, 0.1) is 0 Å². The molecule has 0 aliphatic rings. The molecule has 0 N–H and O–H groups in total. The van der Waals surface area contributed by atoms with Crippen molar-refractivity contribution in [1.82, 2.24) is 0 Å². The molecule has 190 valence electrons. The molecule has 0 radical (unpaired) electrons. The third-order valence-electron chi connectivity index (χ3n) is 6.79. The molecule has 0 fully saturated rings. The fourth-order valence-corrected chi connectivity index (χ4v) is 4.58. The number of allylic oxidation sites excluding steroid dienone is 2. The summed E-state index contributed by atoms with van der Waals surface area (Å²) in [5, 5.41) is 0. The maximum atomic E-state index is 10.9. The highest BCUT2D eigenvalue weighted by Gasteiger charge is 1.96. The van der Waals surface area contributed by atoms with Gasteiger partial charge in [-0.15, -0.1) is 0 Å². The molecule has 1 nitrogen and oxygen atoms in total. The number of ketones is 1. The normalized spacial score (nSPS) is 11.6. The van der Waals surface area contributed by atoms with Gasteiger partial charge in [-0.2, -0.15) is 0 Å². The van der Waals surface area contributed by atoms with Crippen LogP contribution < -0.4 is 0 Å². The van der Waals surface area contributed by atoms with Crippen LogP contribution in [0.4, 0.5) is 0 Å². The van der Waals surface area contributed by atoms with Crippen LogP contribution in [0.25, 0.3) is 0 Å². The van der Waals surface area contributed by atoms with E-state index in [1.54, 1.807) is 6.92 Å². The van der Waals surface area contributed by atoms with Gasteiger partial charge in [-0.1, -0.05) is 154 Å². The molecule has 0 heterocycles. The third-order valence-corrected chi connectivity index (χ3v) is 6.79. The highest BCUT2D eigenvalue weighted by Crippen LogP contribution is 2.15. The maximum Gasteiger partial charge on any atom is 0.129 e. The summed E-state index contributed by atoms with van der Waals surface area (Å²) >= 11 is 0. The van der Waals surface area contributed by atoms with E-state index in [-0.39, 0.29) is 0 Å². The second-order valence-electron chi connectivity index (χ2n) is 10.3. The molecule has 0 saturated heterocycles. The molecule has 0 unspecified atom stereocenters. The summed E-state index contributed by atoms with van der Waals surface area (Å²) < 4.78 is 0. The number of unbranched alkanes of at least 4 members (excludes halogenated alkanes) is 23. The Morgan fingerprint density at radius 3 is 1.03 bits per heavy atom. The molecule has 0 aromatic carbocycles. The lowest BCUT2D eigenvalue weighted by Crippen LogP contribution is -1.87. The van der Waals surface area contributed by atoms with Crippen LogP contribution in [-0.4, -0.2) is 5.78 Å². The van der Waals surface area contributed by atoms with Crippen LogP contribution in [0.3, 0.4) is 0 Å². The minimum absolute atomic E-state index is 0.318. The fraction of sp³-hybridized carbons (Fsp3) is 0.903. The Hall–Kier alpha value is -0.590. The first-order valence-corrected chi connectivity index (χ1v) is 14.9. The molecule has 0 aliphatic heterocycles. The Morgan fingerprint density at radius 1 is 0.438 bits per heavy atom. The summed E-state index contributed by atoms with van der Waals surface area (Å²) in [4.78, 5) is 10.9. The lowest BCUT2D eigenvalue weighted by atomic mass is 10.0. The second-order valence-corrected chi connectivity index (χ2v) is 10.3. The Bertz CT molecular complexity index is 384. The van der Waals surface area contributed by atoms with E-state index >= 15 is 0 Å². The lowest BCUT2D eigenvalue weighted by Gasteiger charge is -2.04. The fourth-order valence-electron chi connectivity index (χ4n) is 4.58. The Kier molecular flexibility index (Phi) is 27.9. The van der Waals surface area contributed by atoms with E-state index in [1.165, 1.54) is 148 Å². The maximum absolute atomic E-state index is 10.9. The Balaban J connectivity index is 3.05. The first kappa shape index (κ1) is 31.4. The average molecular weight is 449 g/mol. The molecule has 0 atom stereocenters. The van der Waals surface area contributed by atoms with Crippen LogP contribution in [0.5, 0.6) is 0 Å². The van der Waals surface area contributed by atoms with Gasteiger partial charge in [0.2, 0.25) is 0 Å². The van der Waals surface area contributed by atoms with Crippen LogP contribution in [0.2, 0.25) is 0 Å². The summed E-state index contributed by atoms with van der Waals surface area (Å²) in [6.45, 7) is 3.98. The zero-order valence-electron chi connectivity index (χ0n) is 22.4. The monoisotopic (exact) mass is 448 g/mol. The van der Waals surface area contributed by atoms with Gasteiger partial charge in [0.25, 0.3) is 0 Å². The third kappa shape index (κ3) is 29.4. The Labute approximate surface area is 203 Å². The molecule has 1 heteroatoms. The molecule has 32 heavy (non-hydrogen) atoms. The van der Waals surface area contributed by atoms with Gasteiger partial charge in [-0.25, -0.2) is 0 Å². The van der Waals surface area contributed by atoms with Crippen molar-refractivity contribution in [2.75, 3.05) is 0 Å². The van der Waals surface area contributed by atoms with Crippen molar-refractivity contribution in [3.8, 4) is 0 Å². The van der Waals surface area contributed by atoms with E-state index in [1.807, 2.05) is 0 Å².